The molecule has 0 radical (unpaired) electrons. The van der Waals surface area contributed by atoms with Gasteiger partial charge < -0.3 is 10.2 Å². The smallest absolute Gasteiger partial charge is 0.146 e. The molecule has 1 aliphatic rings. The zero-order chi connectivity index (χ0) is 13.8. The minimum Gasteiger partial charge on any atom is -0.366 e. The van der Waals surface area contributed by atoms with E-state index in [1.54, 1.807) is 6.07 Å². The Morgan fingerprint density at radius 1 is 1.42 bits per heavy atom. The third-order valence-corrected chi connectivity index (χ3v) is 3.97. The van der Waals surface area contributed by atoms with E-state index in [1.165, 1.54) is 12.8 Å². The molecule has 0 aromatic heterocycles. The molecule has 1 atom stereocenters. The van der Waals surface area contributed by atoms with Crippen molar-refractivity contribution in [3.8, 4) is 0 Å². The van der Waals surface area contributed by atoms with Crippen LogP contribution in [0.1, 0.15) is 39.2 Å². The van der Waals surface area contributed by atoms with Gasteiger partial charge in [0.25, 0.3) is 0 Å². The van der Waals surface area contributed by atoms with Gasteiger partial charge in [0.15, 0.2) is 0 Å². The van der Waals surface area contributed by atoms with E-state index >= 15 is 0 Å². The van der Waals surface area contributed by atoms with Crippen LogP contribution in [0.3, 0.4) is 0 Å². The van der Waals surface area contributed by atoms with E-state index in [-0.39, 0.29) is 5.82 Å². The minimum absolute atomic E-state index is 0.0806. The summed E-state index contributed by atoms with van der Waals surface area (Å²) in [5, 5.41) is 3.23. The number of benzene rings is 1. The van der Waals surface area contributed by atoms with Crippen LogP contribution in [0.15, 0.2) is 18.2 Å². The first-order chi connectivity index (χ1) is 9.13. The predicted octanol–water partition coefficient (Wildman–Crippen LogP) is 3.56. The molecular formula is C16H25FN2. The van der Waals surface area contributed by atoms with E-state index in [2.05, 4.69) is 31.0 Å². The van der Waals surface area contributed by atoms with Crippen LogP contribution in [0.4, 0.5) is 10.1 Å². The number of rotatable bonds is 5. The highest BCUT2D eigenvalue weighted by molar-refractivity contribution is 5.51. The van der Waals surface area contributed by atoms with Gasteiger partial charge in [-0.15, -0.1) is 0 Å². The second kappa shape index (κ2) is 6.38. The molecule has 1 aromatic rings. The number of nitrogens with zero attached hydrogens (tertiary/aromatic N) is 1. The molecule has 0 saturated carbocycles. The zero-order valence-corrected chi connectivity index (χ0v) is 12.2. The Bertz CT molecular complexity index is 417. The molecule has 1 aliphatic heterocycles. The van der Waals surface area contributed by atoms with E-state index in [9.17, 15) is 4.39 Å². The van der Waals surface area contributed by atoms with E-state index in [1.807, 2.05) is 12.1 Å². The van der Waals surface area contributed by atoms with Gasteiger partial charge in [0.05, 0.1) is 5.69 Å². The maximum Gasteiger partial charge on any atom is 0.146 e. The standard InChI is InChI=1S/C16H25FN2/c1-4-18-11-13-7-8-16(14(17)10-13)19-9-5-6-15(19)12(2)3/h7-8,10,12,15,18H,4-6,9,11H2,1-3H3. The summed E-state index contributed by atoms with van der Waals surface area (Å²) >= 11 is 0. The van der Waals surface area contributed by atoms with Crippen molar-refractivity contribution in [2.75, 3.05) is 18.0 Å². The Balaban J connectivity index is 2.16. The molecule has 0 bridgehead atoms. The summed E-state index contributed by atoms with van der Waals surface area (Å²) in [4.78, 5) is 2.25. The summed E-state index contributed by atoms with van der Waals surface area (Å²) in [6.07, 6.45) is 2.34. The van der Waals surface area contributed by atoms with Crippen molar-refractivity contribution in [3.63, 3.8) is 0 Å². The van der Waals surface area contributed by atoms with Crippen molar-refractivity contribution in [2.45, 2.75) is 46.2 Å². The zero-order valence-electron chi connectivity index (χ0n) is 12.2. The van der Waals surface area contributed by atoms with Gasteiger partial charge in [0.1, 0.15) is 5.82 Å². The Morgan fingerprint density at radius 2 is 2.21 bits per heavy atom. The van der Waals surface area contributed by atoms with Crippen molar-refractivity contribution in [1.29, 1.82) is 0 Å². The van der Waals surface area contributed by atoms with Gasteiger partial charge in [-0.2, -0.15) is 0 Å². The molecule has 2 rings (SSSR count). The van der Waals surface area contributed by atoms with E-state index in [4.69, 9.17) is 0 Å². The summed E-state index contributed by atoms with van der Waals surface area (Å²) < 4.78 is 14.3. The monoisotopic (exact) mass is 264 g/mol. The van der Waals surface area contributed by atoms with Crippen LogP contribution in [-0.4, -0.2) is 19.1 Å². The fourth-order valence-electron chi connectivity index (χ4n) is 2.95. The summed E-state index contributed by atoms with van der Waals surface area (Å²) in [6.45, 7) is 9.13. The van der Waals surface area contributed by atoms with E-state index in [0.29, 0.717) is 12.0 Å². The molecule has 2 nitrogen and oxygen atoms in total. The molecule has 19 heavy (non-hydrogen) atoms. The topological polar surface area (TPSA) is 15.3 Å². The van der Waals surface area contributed by atoms with Gasteiger partial charge in [0, 0.05) is 19.1 Å². The number of hydrogen-bond acceptors (Lipinski definition) is 2. The normalized spacial score (nSPS) is 19.4. The maximum absolute atomic E-state index is 14.3. The molecular weight excluding hydrogens is 239 g/mol. The van der Waals surface area contributed by atoms with Crippen LogP contribution in [0.2, 0.25) is 0 Å². The molecule has 1 aromatic carbocycles. The molecule has 1 N–H and O–H groups in total. The Labute approximate surface area is 116 Å². The molecule has 1 saturated heterocycles. The van der Waals surface area contributed by atoms with Crippen molar-refractivity contribution in [3.05, 3.63) is 29.6 Å². The third kappa shape index (κ3) is 3.27. The predicted molar refractivity (Wildman–Crippen MR) is 79.0 cm³/mol. The summed E-state index contributed by atoms with van der Waals surface area (Å²) in [5.74, 6) is 0.492. The molecule has 0 amide bonds. The lowest BCUT2D eigenvalue weighted by Crippen LogP contribution is -2.34. The molecule has 106 valence electrons. The summed E-state index contributed by atoms with van der Waals surface area (Å²) in [7, 11) is 0. The van der Waals surface area contributed by atoms with Gasteiger partial charge >= 0.3 is 0 Å². The number of hydrogen-bond donors (Lipinski definition) is 1. The average Bonchev–Trinajstić information content (AvgIpc) is 2.85. The Morgan fingerprint density at radius 3 is 2.84 bits per heavy atom. The first-order valence-electron chi connectivity index (χ1n) is 7.39. The van der Waals surface area contributed by atoms with Crippen LogP contribution in [0.25, 0.3) is 0 Å². The first kappa shape index (κ1) is 14.3. The third-order valence-electron chi connectivity index (χ3n) is 3.97. The lowest BCUT2D eigenvalue weighted by Gasteiger charge is -2.30. The van der Waals surface area contributed by atoms with Crippen LogP contribution >= 0.6 is 0 Å². The number of nitrogens with one attached hydrogen (secondary N) is 1. The number of anilines is 1. The van der Waals surface area contributed by atoms with E-state index < -0.39 is 0 Å². The van der Waals surface area contributed by atoms with Crippen LogP contribution < -0.4 is 10.2 Å². The summed E-state index contributed by atoms with van der Waals surface area (Å²) in [5.41, 5.74) is 1.79. The lowest BCUT2D eigenvalue weighted by molar-refractivity contribution is 0.485. The number of halogens is 1. The Hall–Kier alpha value is -1.09. The average molecular weight is 264 g/mol. The second-order valence-electron chi connectivity index (χ2n) is 5.71. The summed E-state index contributed by atoms with van der Waals surface area (Å²) in [6, 6.07) is 6.14. The van der Waals surface area contributed by atoms with Gasteiger partial charge in [-0.25, -0.2) is 4.39 Å². The minimum atomic E-state index is -0.0806. The van der Waals surface area contributed by atoms with Crippen LogP contribution in [0.5, 0.6) is 0 Å². The Kier molecular flexibility index (Phi) is 4.81. The van der Waals surface area contributed by atoms with Crippen molar-refractivity contribution >= 4 is 5.69 Å². The van der Waals surface area contributed by atoms with E-state index in [0.717, 1.165) is 30.9 Å². The van der Waals surface area contributed by atoms with Gasteiger partial charge in [-0.1, -0.05) is 26.8 Å². The van der Waals surface area contributed by atoms with Gasteiger partial charge in [0.2, 0.25) is 0 Å². The quantitative estimate of drug-likeness (QED) is 0.874. The molecule has 1 fully saturated rings. The van der Waals surface area contributed by atoms with Crippen molar-refractivity contribution in [1.82, 2.24) is 5.32 Å². The SMILES string of the molecule is CCNCc1ccc(N2CCCC2C(C)C)c(F)c1. The second-order valence-corrected chi connectivity index (χ2v) is 5.71. The maximum atomic E-state index is 14.3. The molecule has 0 spiro atoms. The molecule has 0 aliphatic carbocycles. The van der Waals surface area contributed by atoms with Gasteiger partial charge in [-0.05, 0) is 43.0 Å². The fraction of sp³-hybridized carbons (Fsp3) is 0.625. The first-order valence-corrected chi connectivity index (χ1v) is 7.39. The highest BCUT2D eigenvalue weighted by atomic mass is 19.1. The largest absolute Gasteiger partial charge is 0.366 e. The van der Waals surface area contributed by atoms with Gasteiger partial charge in [-0.3, -0.25) is 0 Å². The highest BCUT2D eigenvalue weighted by Crippen LogP contribution is 2.31. The highest BCUT2D eigenvalue weighted by Gasteiger charge is 2.28. The van der Waals surface area contributed by atoms with Crippen LogP contribution in [0, 0.1) is 11.7 Å². The molecule has 3 heteroatoms. The fourth-order valence-corrected chi connectivity index (χ4v) is 2.95. The molecule has 1 unspecified atom stereocenters. The molecule has 1 heterocycles. The van der Waals surface area contributed by atoms with Crippen LogP contribution in [-0.2, 0) is 6.54 Å². The lowest BCUT2D eigenvalue weighted by atomic mass is 10.0. The van der Waals surface area contributed by atoms with Crippen molar-refractivity contribution in [2.24, 2.45) is 5.92 Å². The van der Waals surface area contributed by atoms with Crippen molar-refractivity contribution < 1.29 is 4.39 Å².